The quantitative estimate of drug-likeness (QED) is 0.767. The zero-order valence-corrected chi connectivity index (χ0v) is 13.2. The average molecular weight is 326 g/mol. The maximum absolute atomic E-state index is 11.8. The molecule has 3 rings (SSSR count). The highest BCUT2D eigenvalue weighted by Crippen LogP contribution is 2.19. The fraction of sp³-hybridized carbons (Fsp3) is 0.125. The van der Waals surface area contributed by atoms with E-state index in [0.717, 1.165) is 11.0 Å². The molecule has 0 aliphatic rings. The molecule has 116 valence electrons. The molecule has 1 aromatic heterocycles. The molecule has 2 aromatic carbocycles. The zero-order valence-electron chi connectivity index (χ0n) is 12.4. The number of hydrogen-bond acceptors (Lipinski definition) is 5. The summed E-state index contributed by atoms with van der Waals surface area (Å²) in [4.78, 5) is 7.75. The molecule has 0 atom stereocenters. The van der Waals surface area contributed by atoms with E-state index in [9.17, 15) is 8.42 Å². The maximum atomic E-state index is 11.8. The van der Waals surface area contributed by atoms with Crippen LogP contribution in [0, 0.1) is 11.3 Å². The summed E-state index contributed by atoms with van der Waals surface area (Å²) in [6.07, 6.45) is 1.19. The first-order valence-corrected chi connectivity index (χ1v) is 8.78. The highest BCUT2D eigenvalue weighted by molar-refractivity contribution is 7.90. The molecule has 0 fully saturated rings. The van der Waals surface area contributed by atoms with Crippen molar-refractivity contribution in [2.24, 2.45) is 0 Å². The van der Waals surface area contributed by atoms with E-state index in [1.54, 1.807) is 42.5 Å². The van der Waals surface area contributed by atoms with Crippen LogP contribution in [-0.4, -0.2) is 24.6 Å². The number of nitrogens with zero attached hydrogens (tertiary/aromatic N) is 2. The lowest BCUT2D eigenvalue weighted by molar-refractivity contribution is 0.601. The number of fused-ring (bicyclic) bond motifs is 1. The topological polar surface area (TPSA) is 98.6 Å². The minimum absolute atomic E-state index is 0.301. The Morgan fingerprint density at radius 1 is 1.26 bits per heavy atom. The van der Waals surface area contributed by atoms with Gasteiger partial charge in [-0.25, -0.2) is 13.4 Å². The minimum atomic E-state index is -3.28. The van der Waals surface area contributed by atoms with Crippen molar-refractivity contribution >= 4 is 26.8 Å². The average Bonchev–Trinajstić information content (AvgIpc) is 2.94. The fourth-order valence-corrected chi connectivity index (χ4v) is 3.30. The van der Waals surface area contributed by atoms with Crippen LogP contribution in [0.4, 0.5) is 5.95 Å². The van der Waals surface area contributed by atoms with E-state index in [0.29, 0.717) is 28.5 Å². The van der Waals surface area contributed by atoms with Gasteiger partial charge in [0.15, 0.2) is 9.84 Å². The molecule has 23 heavy (non-hydrogen) atoms. The molecule has 0 aliphatic carbocycles. The lowest BCUT2D eigenvalue weighted by Crippen LogP contribution is -2.07. The Kier molecular flexibility index (Phi) is 3.76. The van der Waals surface area contributed by atoms with Crippen LogP contribution in [0.1, 0.15) is 11.1 Å². The van der Waals surface area contributed by atoms with Gasteiger partial charge in [0.05, 0.1) is 27.6 Å². The van der Waals surface area contributed by atoms with Crippen molar-refractivity contribution in [1.29, 1.82) is 5.26 Å². The number of anilines is 1. The number of aromatic nitrogens is 2. The van der Waals surface area contributed by atoms with Gasteiger partial charge in [-0.2, -0.15) is 5.26 Å². The van der Waals surface area contributed by atoms with E-state index in [4.69, 9.17) is 5.26 Å². The van der Waals surface area contributed by atoms with Crippen LogP contribution in [-0.2, 0) is 16.4 Å². The Labute approximate surface area is 133 Å². The van der Waals surface area contributed by atoms with E-state index in [1.807, 2.05) is 0 Å². The largest absolute Gasteiger partial charge is 0.352 e. The van der Waals surface area contributed by atoms with Gasteiger partial charge < -0.3 is 10.3 Å². The van der Waals surface area contributed by atoms with E-state index >= 15 is 0 Å². The minimum Gasteiger partial charge on any atom is -0.352 e. The van der Waals surface area contributed by atoms with Gasteiger partial charge in [-0.3, -0.25) is 0 Å². The second-order valence-corrected chi connectivity index (χ2v) is 7.15. The summed E-state index contributed by atoms with van der Waals surface area (Å²) in [6, 6.07) is 14.1. The number of H-pyrrole nitrogens is 1. The van der Waals surface area contributed by atoms with Crippen LogP contribution in [0.15, 0.2) is 47.4 Å². The summed E-state index contributed by atoms with van der Waals surface area (Å²) in [7, 11) is -3.28. The Morgan fingerprint density at radius 2 is 2.04 bits per heavy atom. The van der Waals surface area contributed by atoms with Gasteiger partial charge in [0.25, 0.3) is 0 Å². The fourth-order valence-electron chi connectivity index (χ4n) is 2.35. The molecule has 0 radical (unpaired) electrons. The summed E-state index contributed by atoms with van der Waals surface area (Å²) in [5.41, 5.74) is 2.72. The van der Waals surface area contributed by atoms with Crippen molar-refractivity contribution in [2.45, 2.75) is 11.4 Å². The number of sulfone groups is 1. The van der Waals surface area contributed by atoms with Crippen LogP contribution < -0.4 is 5.32 Å². The Balaban J connectivity index is 1.86. The summed E-state index contributed by atoms with van der Waals surface area (Å²) in [6.45, 7) is 0.328. The van der Waals surface area contributed by atoms with Crippen molar-refractivity contribution in [3.05, 3.63) is 53.6 Å². The van der Waals surface area contributed by atoms with Crippen LogP contribution in [0.25, 0.3) is 11.0 Å². The monoisotopic (exact) mass is 326 g/mol. The normalized spacial score (nSPS) is 11.3. The third-order valence-corrected chi connectivity index (χ3v) is 4.63. The SMILES string of the molecule is CS(=O)(=O)c1ccccc1CNc1nc2ccc(C#N)cc2[nH]1. The van der Waals surface area contributed by atoms with Crippen molar-refractivity contribution in [3.63, 3.8) is 0 Å². The lowest BCUT2D eigenvalue weighted by atomic mass is 10.2. The standard InChI is InChI=1S/C16H14N4O2S/c1-23(21,22)15-5-3-2-4-12(15)10-18-16-19-13-7-6-11(9-17)8-14(13)20-16/h2-8H,10H2,1H3,(H2,18,19,20). The molecule has 7 heteroatoms. The van der Waals surface area contributed by atoms with Gasteiger partial charge in [0.2, 0.25) is 5.95 Å². The van der Waals surface area contributed by atoms with Crippen molar-refractivity contribution in [2.75, 3.05) is 11.6 Å². The molecule has 2 N–H and O–H groups in total. The van der Waals surface area contributed by atoms with Crippen LogP contribution >= 0.6 is 0 Å². The first-order chi connectivity index (χ1) is 11.0. The first-order valence-electron chi connectivity index (χ1n) is 6.89. The van der Waals surface area contributed by atoms with Crippen LogP contribution in [0.5, 0.6) is 0 Å². The zero-order chi connectivity index (χ0) is 16.4. The molecule has 3 aromatic rings. The Morgan fingerprint density at radius 3 is 2.78 bits per heavy atom. The lowest BCUT2D eigenvalue weighted by Gasteiger charge is -2.08. The second-order valence-electron chi connectivity index (χ2n) is 5.16. The molecule has 1 heterocycles. The summed E-state index contributed by atoms with van der Waals surface area (Å²) < 4.78 is 23.6. The first kappa shape index (κ1) is 15.1. The molecular formula is C16H14N4O2S. The van der Waals surface area contributed by atoms with Gasteiger partial charge in [0, 0.05) is 12.8 Å². The van der Waals surface area contributed by atoms with Gasteiger partial charge in [0.1, 0.15) is 0 Å². The van der Waals surface area contributed by atoms with E-state index in [-0.39, 0.29) is 0 Å². The summed E-state index contributed by atoms with van der Waals surface area (Å²) in [5.74, 6) is 0.526. The highest BCUT2D eigenvalue weighted by atomic mass is 32.2. The number of nitrogens with one attached hydrogen (secondary N) is 2. The number of rotatable bonds is 4. The molecule has 0 bridgehead atoms. The van der Waals surface area contributed by atoms with Gasteiger partial charge >= 0.3 is 0 Å². The van der Waals surface area contributed by atoms with Crippen LogP contribution in [0.3, 0.4) is 0 Å². The third kappa shape index (κ3) is 3.17. The number of benzene rings is 2. The number of aromatic amines is 1. The third-order valence-electron chi connectivity index (χ3n) is 3.43. The van der Waals surface area contributed by atoms with E-state index < -0.39 is 9.84 Å². The predicted molar refractivity (Wildman–Crippen MR) is 87.7 cm³/mol. The van der Waals surface area contributed by atoms with Gasteiger partial charge in [-0.05, 0) is 29.8 Å². The Bertz CT molecular complexity index is 1020. The smallest absolute Gasteiger partial charge is 0.201 e. The molecule has 0 saturated heterocycles. The van der Waals surface area contributed by atoms with Crippen molar-refractivity contribution in [3.8, 4) is 6.07 Å². The molecule has 0 saturated carbocycles. The summed E-state index contributed by atoms with van der Waals surface area (Å²) in [5, 5.41) is 12.0. The highest BCUT2D eigenvalue weighted by Gasteiger charge is 2.12. The molecule has 0 unspecified atom stereocenters. The Hall–Kier alpha value is -2.85. The molecule has 0 aliphatic heterocycles. The van der Waals surface area contributed by atoms with Crippen molar-refractivity contribution < 1.29 is 8.42 Å². The van der Waals surface area contributed by atoms with E-state index in [1.165, 1.54) is 6.26 Å². The number of hydrogen-bond donors (Lipinski definition) is 2. The molecule has 0 amide bonds. The molecule has 0 spiro atoms. The van der Waals surface area contributed by atoms with Gasteiger partial charge in [-0.1, -0.05) is 18.2 Å². The molecular weight excluding hydrogens is 312 g/mol. The molecule has 6 nitrogen and oxygen atoms in total. The van der Waals surface area contributed by atoms with Gasteiger partial charge in [-0.15, -0.1) is 0 Å². The van der Waals surface area contributed by atoms with Crippen molar-refractivity contribution in [1.82, 2.24) is 9.97 Å². The number of nitriles is 1. The number of imidazole rings is 1. The summed E-state index contributed by atoms with van der Waals surface area (Å²) >= 11 is 0. The predicted octanol–water partition coefficient (Wildman–Crippen LogP) is 2.45. The van der Waals surface area contributed by atoms with E-state index in [2.05, 4.69) is 21.4 Å². The maximum Gasteiger partial charge on any atom is 0.201 e. The second kappa shape index (κ2) is 5.74. The van der Waals surface area contributed by atoms with Crippen LogP contribution in [0.2, 0.25) is 0 Å².